The van der Waals surface area contributed by atoms with Crippen LogP contribution in [0.5, 0.6) is 5.75 Å². The van der Waals surface area contributed by atoms with E-state index in [-0.39, 0.29) is 18.8 Å². The summed E-state index contributed by atoms with van der Waals surface area (Å²) in [7, 11) is 0. The Morgan fingerprint density at radius 1 is 1.14 bits per heavy atom. The zero-order valence-electron chi connectivity index (χ0n) is 11.0. The molecule has 0 atom stereocenters. The van der Waals surface area contributed by atoms with E-state index in [1.807, 2.05) is 0 Å². The number of halogens is 2. The van der Waals surface area contributed by atoms with E-state index >= 15 is 0 Å². The highest BCUT2D eigenvalue weighted by molar-refractivity contribution is 6.04. The lowest BCUT2D eigenvalue weighted by atomic mass is 10.2. The average molecular weight is 293 g/mol. The number of aliphatic hydroxyl groups excluding tert-OH is 1. The van der Waals surface area contributed by atoms with Crippen LogP contribution in [0, 0.1) is 11.6 Å². The van der Waals surface area contributed by atoms with Gasteiger partial charge >= 0.3 is 0 Å². The number of nitrogens with one attached hydrogen (secondary N) is 1. The van der Waals surface area contributed by atoms with Gasteiger partial charge in [-0.15, -0.1) is 0 Å². The molecule has 0 bridgehead atoms. The molecule has 6 heteroatoms. The molecule has 0 saturated heterocycles. The predicted molar refractivity (Wildman–Crippen MR) is 73.3 cm³/mol. The third-order valence-electron chi connectivity index (χ3n) is 2.65. The topological polar surface area (TPSA) is 58.6 Å². The summed E-state index contributed by atoms with van der Waals surface area (Å²) in [5.41, 5.74) is 0.0515. The fourth-order valence-corrected chi connectivity index (χ4v) is 1.67. The minimum atomic E-state index is -0.795. The maximum Gasteiger partial charge on any atom is 0.258 e. The van der Waals surface area contributed by atoms with Crippen LogP contribution in [0.2, 0.25) is 0 Å². The van der Waals surface area contributed by atoms with Crippen molar-refractivity contribution in [3.8, 4) is 5.75 Å². The average Bonchev–Trinajstić information content (AvgIpc) is 2.49. The number of anilines is 1. The van der Waals surface area contributed by atoms with E-state index in [9.17, 15) is 13.6 Å². The van der Waals surface area contributed by atoms with Crippen LogP contribution in [0.15, 0.2) is 42.5 Å². The van der Waals surface area contributed by atoms with E-state index in [4.69, 9.17) is 9.84 Å². The number of hydrogen-bond acceptors (Lipinski definition) is 3. The van der Waals surface area contributed by atoms with Crippen molar-refractivity contribution in [1.82, 2.24) is 0 Å². The summed E-state index contributed by atoms with van der Waals surface area (Å²) < 4.78 is 31.7. The van der Waals surface area contributed by atoms with Crippen LogP contribution in [0.25, 0.3) is 0 Å². The molecule has 0 radical (unpaired) electrons. The molecule has 2 N–H and O–H groups in total. The summed E-state index contributed by atoms with van der Waals surface area (Å²) in [5, 5.41) is 11.1. The Labute approximate surface area is 120 Å². The van der Waals surface area contributed by atoms with Gasteiger partial charge in [0.25, 0.3) is 5.91 Å². The summed E-state index contributed by atoms with van der Waals surface area (Å²) in [4.78, 5) is 11.9. The summed E-state index contributed by atoms with van der Waals surface area (Å²) in [5.74, 6) is -1.69. The molecule has 2 rings (SSSR count). The maximum absolute atomic E-state index is 13.5. The molecule has 0 unspecified atom stereocenters. The quantitative estimate of drug-likeness (QED) is 0.891. The highest BCUT2D eigenvalue weighted by Gasteiger charge is 2.13. The normalized spacial score (nSPS) is 10.2. The van der Waals surface area contributed by atoms with Crippen LogP contribution in [0.1, 0.15) is 10.4 Å². The molecule has 1 amide bonds. The maximum atomic E-state index is 13.5. The van der Waals surface area contributed by atoms with E-state index in [1.165, 1.54) is 0 Å². The summed E-state index contributed by atoms with van der Waals surface area (Å²) in [6.45, 7) is 0.0670. The van der Waals surface area contributed by atoms with E-state index in [0.717, 1.165) is 18.2 Å². The minimum absolute atomic E-state index is 0.0999. The zero-order chi connectivity index (χ0) is 15.2. The first-order valence-corrected chi connectivity index (χ1v) is 6.20. The molecule has 0 spiro atoms. The van der Waals surface area contributed by atoms with E-state index in [0.29, 0.717) is 11.4 Å². The molecule has 0 heterocycles. The van der Waals surface area contributed by atoms with Gasteiger partial charge in [0, 0.05) is 5.69 Å². The van der Waals surface area contributed by atoms with Crippen LogP contribution in [-0.4, -0.2) is 24.2 Å². The summed E-state index contributed by atoms with van der Waals surface area (Å²) in [6, 6.07) is 8.98. The van der Waals surface area contributed by atoms with Crippen LogP contribution in [0.4, 0.5) is 14.5 Å². The van der Waals surface area contributed by atoms with Crippen LogP contribution >= 0.6 is 0 Å². The highest BCUT2D eigenvalue weighted by atomic mass is 19.1. The number of benzene rings is 2. The number of aliphatic hydroxyl groups is 1. The largest absolute Gasteiger partial charge is 0.491 e. The Morgan fingerprint density at radius 2 is 1.86 bits per heavy atom. The van der Waals surface area contributed by atoms with Gasteiger partial charge in [0.05, 0.1) is 12.2 Å². The number of hydrogen-bond donors (Lipinski definition) is 2. The molecule has 2 aromatic rings. The van der Waals surface area contributed by atoms with Gasteiger partial charge in [0.1, 0.15) is 24.0 Å². The lowest BCUT2D eigenvalue weighted by Crippen LogP contribution is -2.14. The van der Waals surface area contributed by atoms with Crippen molar-refractivity contribution in [2.75, 3.05) is 18.5 Å². The van der Waals surface area contributed by atoms with Gasteiger partial charge in [-0.3, -0.25) is 4.79 Å². The fraction of sp³-hybridized carbons (Fsp3) is 0.133. The number of carbonyl (C=O) groups is 1. The van der Waals surface area contributed by atoms with Gasteiger partial charge in [-0.2, -0.15) is 0 Å². The molecule has 4 nitrogen and oxygen atoms in total. The molecule has 0 aliphatic carbocycles. The molecule has 110 valence electrons. The van der Waals surface area contributed by atoms with Gasteiger partial charge in [-0.25, -0.2) is 8.78 Å². The Balaban J connectivity index is 2.07. The van der Waals surface area contributed by atoms with Gasteiger partial charge in [0.2, 0.25) is 0 Å². The zero-order valence-corrected chi connectivity index (χ0v) is 11.0. The lowest BCUT2D eigenvalue weighted by molar-refractivity contribution is 0.102. The van der Waals surface area contributed by atoms with Crippen molar-refractivity contribution in [2.24, 2.45) is 0 Å². The predicted octanol–water partition coefficient (Wildman–Crippen LogP) is 2.59. The molecule has 0 aromatic heterocycles. The summed E-state index contributed by atoms with van der Waals surface area (Å²) >= 11 is 0. The van der Waals surface area contributed by atoms with Crippen LogP contribution in [-0.2, 0) is 0 Å². The molecule has 0 aliphatic heterocycles. The smallest absolute Gasteiger partial charge is 0.258 e. The Kier molecular flexibility index (Phi) is 4.84. The minimum Gasteiger partial charge on any atom is -0.491 e. The van der Waals surface area contributed by atoms with Crippen molar-refractivity contribution in [1.29, 1.82) is 0 Å². The standard InChI is InChI=1S/C15H13F2NO3/c16-10-1-6-14(17)13(9-10)15(20)18-11-2-4-12(5-3-11)21-8-7-19/h1-6,9,19H,7-8H2,(H,18,20). The number of amides is 1. The second-order valence-electron chi connectivity index (χ2n) is 4.17. The molecule has 2 aromatic carbocycles. The first kappa shape index (κ1) is 14.9. The fourth-order valence-electron chi connectivity index (χ4n) is 1.67. The number of rotatable bonds is 5. The second-order valence-corrected chi connectivity index (χ2v) is 4.17. The van der Waals surface area contributed by atoms with Crippen molar-refractivity contribution in [3.05, 3.63) is 59.7 Å². The van der Waals surface area contributed by atoms with Gasteiger partial charge in [-0.1, -0.05) is 0 Å². The summed E-state index contributed by atoms with van der Waals surface area (Å²) in [6.07, 6.45) is 0. The lowest BCUT2D eigenvalue weighted by Gasteiger charge is -2.08. The van der Waals surface area contributed by atoms with Crippen molar-refractivity contribution in [3.63, 3.8) is 0 Å². The third kappa shape index (κ3) is 4.00. The van der Waals surface area contributed by atoms with Crippen LogP contribution in [0.3, 0.4) is 0 Å². The van der Waals surface area contributed by atoms with E-state index < -0.39 is 17.5 Å². The van der Waals surface area contributed by atoms with E-state index in [1.54, 1.807) is 24.3 Å². The van der Waals surface area contributed by atoms with Crippen LogP contribution < -0.4 is 10.1 Å². The van der Waals surface area contributed by atoms with Crippen molar-refractivity contribution < 1.29 is 23.4 Å². The molecule has 0 saturated carbocycles. The van der Waals surface area contributed by atoms with Gasteiger partial charge in [-0.05, 0) is 42.5 Å². The van der Waals surface area contributed by atoms with E-state index in [2.05, 4.69) is 5.32 Å². The van der Waals surface area contributed by atoms with Gasteiger partial charge in [0.15, 0.2) is 0 Å². The molecule has 0 fully saturated rings. The number of carbonyl (C=O) groups excluding carboxylic acids is 1. The third-order valence-corrected chi connectivity index (χ3v) is 2.65. The first-order valence-electron chi connectivity index (χ1n) is 6.20. The molecular formula is C15H13F2NO3. The Hall–Kier alpha value is -2.47. The monoisotopic (exact) mass is 293 g/mol. The van der Waals surface area contributed by atoms with Crippen molar-refractivity contribution >= 4 is 11.6 Å². The molecule has 21 heavy (non-hydrogen) atoms. The SMILES string of the molecule is O=C(Nc1ccc(OCCO)cc1)c1cc(F)ccc1F. The van der Waals surface area contributed by atoms with Crippen molar-refractivity contribution in [2.45, 2.75) is 0 Å². The molecular weight excluding hydrogens is 280 g/mol. The van der Waals surface area contributed by atoms with Gasteiger partial charge < -0.3 is 15.2 Å². The highest BCUT2D eigenvalue weighted by Crippen LogP contribution is 2.17. The molecule has 0 aliphatic rings. The first-order chi connectivity index (χ1) is 10.1. The Bertz CT molecular complexity index is 629. The second kappa shape index (κ2) is 6.81. The number of ether oxygens (including phenoxy) is 1. The Morgan fingerprint density at radius 3 is 2.52 bits per heavy atom.